The first-order valence-corrected chi connectivity index (χ1v) is 10.4. The second-order valence-corrected chi connectivity index (χ2v) is 8.24. The molecular formula is C17H26F3IN4O3S. The summed E-state index contributed by atoms with van der Waals surface area (Å²) in [6.45, 7) is 2.58. The Morgan fingerprint density at radius 2 is 1.83 bits per heavy atom. The second kappa shape index (κ2) is 11.2. The molecule has 166 valence electrons. The van der Waals surface area contributed by atoms with Gasteiger partial charge in [-0.1, -0.05) is 12.1 Å². The molecule has 1 aliphatic heterocycles. The molecule has 0 spiro atoms. The first-order chi connectivity index (χ1) is 13.2. The van der Waals surface area contributed by atoms with Gasteiger partial charge in [-0.25, -0.2) is 13.4 Å². The summed E-state index contributed by atoms with van der Waals surface area (Å²) < 4.78 is 66.5. The predicted octanol–water partition coefficient (Wildman–Crippen LogP) is 2.68. The zero-order chi connectivity index (χ0) is 20.8. The van der Waals surface area contributed by atoms with Crippen molar-refractivity contribution in [3.05, 3.63) is 29.8 Å². The summed E-state index contributed by atoms with van der Waals surface area (Å²) in [5.74, 6) is 1.29. The molecule has 7 nitrogen and oxygen atoms in total. The molecule has 1 fully saturated rings. The fraction of sp³-hybridized carbons (Fsp3) is 0.588. The van der Waals surface area contributed by atoms with Crippen LogP contribution in [0.2, 0.25) is 0 Å². The van der Waals surface area contributed by atoms with Crippen LogP contribution in [0.3, 0.4) is 0 Å². The van der Waals surface area contributed by atoms with Crippen LogP contribution in [0, 0.1) is 0 Å². The largest absolute Gasteiger partial charge is 0.511 e. The number of aliphatic imine (C=N–C) groups is 1. The van der Waals surface area contributed by atoms with Gasteiger partial charge in [0, 0.05) is 25.7 Å². The molecule has 0 aliphatic carbocycles. The molecule has 12 heteroatoms. The van der Waals surface area contributed by atoms with Crippen molar-refractivity contribution in [1.82, 2.24) is 14.9 Å². The first-order valence-electron chi connectivity index (χ1n) is 8.91. The predicted molar refractivity (Wildman–Crippen MR) is 116 cm³/mol. The lowest BCUT2D eigenvalue weighted by molar-refractivity contribution is -0.0494. The van der Waals surface area contributed by atoms with Crippen molar-refractivity contribution in [2.75, 3.05) is 26.7 Å². The highest BCUT2D eigenvalue weighted by atomic mass is 127. The van der Waals surface area contributed by atoms with E-state index < -0.39 is 15.5 Å². The van der Waals surface area contributed by atoms with Gasteiger partial charge in [-0.2, -0.15) is 17.5 Å². The molecule has 0 saturated carbocycles. The minimum absolute atomic E-state index is 0. The number of halogens is 4. The Kier molecular flexibility index (Phi) is 9.95. The third-order valence-electron chi connectivity index (χ3n) is 4.35. The summed E-state index contributed by atoms with van der Waals surface area (Å²) in [6.07, 6.45) is 0.532. The molecule has 1 saturated heterocycles. The van der Waals surface area contributed by atoms with E-state index in [1.54, 1.807) is 7.11 Å². The minimum Gasteiger partial charge on any atom is -0.497 e. The average molecular weight is 550 g/mol. The van der Waals surface area contributed by atoms with Gasteiger partial charge in [-0.15, -0.1) is 24.0 Å². The summed E-state index contributed by atoms with van der Waals surface area (Å²) in [6, 6.07) is 7.30. The van der Waals surface area contributed by atoms with Crippen molar-refractivity contribution in [3.8, 4) is 5.75 Å². The molecule has 2 N–H and O–H groups in total. The Labute approximate surface area is 186 Å². The fourth-order valence-electron chi connectivity index (χ4n) is 2.80. The third kappa shape index (κ3) is 7.17. The van der Waals surface area contributed by atoms with E-state index in [2.05, 4.69) is 15.6 Å². The van der Waals surface area contributed by atoms with Gasteiger partial charge in [-0.05, 0) is 37.5 Å². The van der Waals surface area contributed by atoms with Crippen LogP contribution in [0.5, 0.6) is 5.75 Å². The second-order valence-electron chi connectivity index (χ2n) is 6.31. The van der Waals surface area contributed by atoms with Crippen molar-refractivity contribution in [2.24, 2.45) is 4.99 Å². The third-order valence-corrected chi connectivity index (χ3v) is 5.98. The molecule has 0 unspecified atom stereocenters. The topological polar surface area (TPSA) is 83.0 Å². The number of rotatable bonds is 6. The smallest absolute Gasteiger partial charge is 0.497 e. The van der Waals surface area contributed by atoms with Gasteiger partial charge in [0.2, 0.25) is 0 Å². The highest BCUT2D eigenvalue weighted by molar-refractivity contribution is 14.0. The molecule has 0 atom stereocenters. The lowest BCUT2D eigenvalue weighted by Gasteiger charge is -2.32. The van der Waals surface area contributed by atoms with Gasteiger partial charge in [0.25, 0.3) is 0 Å². The summed E-state index contributed by atoms with van der Waals surface area (Å²) in [5, 5.41) is 6.26. The molecule has 29 heavy (non-hydrogen) atoms. The van der Waals surface area contributed by atoms with Crippen LogP contribution in [-0.2, 0) is 16.6 Å². The van der Waals surface area contributed by atoms with Crippen molar-refractivity contribution >= 4 is 40.0 Å². The van der Waals surface area contributed by atoms with Crippen molar-refractivity contribution < 1.29 is 26.3 Å². The van der Waals surface area contributed by atoms with E-state index in [1.807, 2.05) is 31.2 Å². The van der Waals surface area contributed by atoms with Crippen LogP contribution in [0.1, 0.15) is 25.3 Å². The number of alkyl halides is 3. The van der Waals surface area contributed by atoms with Gasteiger partial charge in [-0.3, -0.25) is 0 Å². The zero-order valence-corrected chi connectivity index (χ0v) is 19.3. The summed E-state index contributed by atoms with van der Waals surface area (Å²) in [5.41, 5.74) is -4.29. The molecule has 0 aromatic heterocycles. The number of sulfonamides is 1. The Balaban J connectivity index is 0.00000420. The lowest BCUT2D eigenvalue weighted by atomic mass is 10.1. The molecule has 2 rings (SSSR count). The van der Waals surface area contributed by atoms with Crippen LogP contribution in [-0.4, -0.2) is 57.0 Å². The highest BCUT2D eigenvalue weighted by Crippen LogP contribution is 2.28. The van der Waals surface area contributed by atoms with E-state index >= 15 is 0 Å². The summed E-state index contributed by atoms with van der Waals surface area (Å²) in [4.78, 5) is 4.48. The normalized spacial score (nSPS) is 16.8. The molecule has 0 bridgehead atoms. The maximum absolute atomic E-state index is 12.7. The van der Waals surface area contributed by atoms with E-state index in [4.69, 9.17) is 4.74 Å². The monoisotopic (exact) mass is 550 g/mol. The highest BCUT2D eigenvalue weighted by Gasteiger charge is 2.50. The number of hydrogen-bond acceptors (Lipinski definition) is 4. The SMILES string of the molecule is CCNC(=NCc1ccc(OC)cc1)NC1CCN(S(=O)(=O)C(F)(F)F)CC1.I. The van der Waals surface area contributed by atoms with Gasteiger partial charge in [0.05, 0.1) is 13.7 Å². The molecule has 1 aromatic rings. The van der Waals surface area contributed by atoms with E-state index in [-0.39, 0.29) is 55.9 Å². The van der Waals surface area contributed by atoms with Gasteiger partial charge < -0.3 is 15.4 Å². The Bertz CT molecular complexity index is 765. The van der Waals surface area contributed by atoms with Crippen molar-refractivity contribution in [3.63, 3.8) is 0 Å². The van der Waals surface area contributed by atoms with E-state index in [1.165, 1.54) is 0 Å². The number of nitrogens with one attached hydrogen (secondary N) is 2. The number of piperidine rings is 1. The van der Waals surface area contributed by atoms with Crippen LogP contribution >= 0.6 is 24.0 Å². The van der Waals surface area contributed by atoms with Crippen molar-refractivity contribution in [1.29, 1.82) is 0 Å². The van der Waals surface area contributed by atoms with Gasteiger partial charge >= 0.3 is 15.5 Å². The fourth-order valence-corrected chi connectivity index (χ4v) is 3.79. The molecule has 0 radical (unpaired) electrons. The molecule has 1 aromatic carbocycles. The van der Waals surface area contributed by atoms with Crippen LogP contribution < -0.4 is 15.4 Å². The zero-order valence-electron chi connectivity index (χ0n) is 16.2. The lowest BCUT2D eigenvalue weighted by Crippen LogP contribution is -2.51. The Hall–Kier alpha value is -1.28. The number of nitrogens with zero attached hydrogens (tertiary/aromatic N) is 2. The Morgan fingerprint density at radius 1 is 1.24 bits per heavy atom. The van der Waals surface area contributed by atoms with Gasteiger partial charge in [0.15, 0.2) is 5.96 Å². The summed E-state index contributed by atoms with van der Waals surface area (Å²) >= 11 is 0. The minimum atomic E-state index is -5.26. The number of guanidine groups is 1. The number of ether oxygens (including phenoxy) is 1. The number of methoxy groups -OCH3 is 1. The average Bonchev–Trinajstić information content (AvgIpc) is 2.66. The number of hydrogen-bond donors (Lipinski definition) is 2. The maximum Gasteiger partial charge on any atom is 0.511 e. The van der Waals surface area contributed by atoms with Gasteiger partial charge in [0.1, 0.15) is 5.75 Å². The quantitative estimate of drug-likeness (QED) is 0.324. The molecular weight excluding hydrogens is 524 g/mol. The van der Waals surface area contributed by atoms with Crippen LogP contribution in [0.25, 0.3) is 0 Å². The Morgan fingerprint density at radius 3 is 2.31 bits per heavy atom. The van der Waals surface area contributed by atoms with Crippen LogP contribution in [0.15, 0.2) is 29.3 Å². The summed E-state index contributed by atoms with van der Waals surface area (Å²) in [7, 11) is -3.68. The molecule has 0 amide bonds. The standard InChI is InChI=1S/C17H25F3N4O3S.HI/c1-3-21-16(22-12-13-4-6-15(27-2)7-5-13)23-14-8-10-24(11-9-14)28(25,26)17(18,19)20;/h4-7,14H,3,8-12H2,1-2H3,(H2,21,22,23);1H. The van der Waals surface area contributed by atoms with E-state index in [0.717, 1.165) is 11.3 Å². The number of benzene rings is 1. The molecule has 1 heterocycles. The van der Waals surface area contributed by atoms with E-state index in [9.17, 15) is 21.6 Å². The first kappa shape index (κ1) is 25.8. The molecule has 1 aliphatic rings. The van der Waals surface area contributed by atoms with Crippen molar-refractivity contribution in [2.45, 2.75) is 37.9 Å². The van der Waals surface area contributed by atoms with E-state index in [0.29, 0.717) is 23.4 Å². The maximum atomic E-state index is 12.7. The van der Waals surface area contributed by atoms with Crippen LogP contribution in [0.4, 0.5) is 13.2 Å².